The molecule has 3 rings (SSSR count). The SMILES string of the molecule is CC(O)C1CC(NCC2CCCCC2)CN(CC2CCCC2)C1. The molecule has 3 aliphatic rings. The van der Waals surface area contributed by atoms with Gasteiger partial charge in [0.05, 0.1) is 6.10 Å². The quantitative estimate of drug-likeness (QED) is 0.786. The average molecular weight is 323 g/mol. The van der Waals surface area contributed by atoms with Crippen LogP contribution in [-0.4, -0.2) is 48.3 Å². The molecule has 0 aromatic carbocycles. The Balaban J connectivity index is 1.48. The molecule has 3 nitrogen and oxygen atoms in total. The molecule has 0 radical (unpaired) electrons. The second-order valence-corrected chi connectivity index (χ2v) is 8.71. The molecule has 2 N–H and O–H groups in total. The molecule has 3 fully saturated rings. The Morgan fingerprint density at radius 1 is 0.957 bits per heavy atom. The van der Waals surface area contributed by atoms with Crippen LogP contribution >= 0.6 is 0 Å². The van der Waals surface area contributed by atoms with Gasteiger partial charge in [-0.25, -0.2) is 0 Å². The van der Waals surface area contributed by atoms with Crippen molar-refractivity contribution in [2.24, 2.45) is 17.8 Å². The maximum atomic E-state index is 10.1. The summed E-state index contributed by atoms with van der Waals surface area (Å²) < 4.78 is 0. The molecule has 1 aliphatic heterocycles. The van der Waals surface area contributed by atoms with Gasteiger partial charge < -0.3 is 15.3 Å². The van der Waals surface area contributed by atoms with E-state index < -0.39 is 0 Å². The highest BCUT2D eigenvalue weighted by Crippen LogP contribution is 2.29. The van der Waals surface area contributed by atoms with Crippen LogP contribution in [0.15, 0.2) is 0 Å². The van der Waals surface area contributed by atoms with E-state index in [0.29, 0.717) is 12.0 Å². The Labute approximate surface area is 143 Å². The van der Waals surface area contributed by atoms with E-state index in [2.05, 4.69) is 10.2 Å². The first-order chi connectivity index (χ1) is 11.2. The zero-order chi connectivity index (χ0) is 16.1. The van der Waals surface area contributed by atoms with E-state index in [-0.39, 0.29) is 6.10 Å². The molecule has 0 amide bonds. The van der Waals surface area contributed by atoms with Gasteiger partial charge in [0.15, 0.2) is 0 Å². The number of hydrogen-bond acceptors (Lipinski definition) is 3. The number of hydrogen-bond donors (Lipinski definition) is 2. The van der Waals surface area contributed by atoms with Crippen molar-refractivity contribution in [1.82, 2.24) is 10.2 Å². The number of aliphatic hydroxyl groups excluding tert-OH is 1. The van der Waals surface area contributed by atoms with Crippen LogP contribution in [0.3, 0.4) is 0 Å². The number of rotatable bonds is 6. The zero-order valence-corrected chi connectivity index (χ0v) is 15.2. The van der Waals surface area contributed by atoms with Crippen molar-refractivity contribution in [3.05, 3.63) is 0 Å². The highest BCUT2D eigenvalue weighted by atomic mass is 16.3. The van der Waals surface area contributed by atoms with Crippen molar-refractivity contribution < 1.29 is 5.11 Å². The van der Waals surface area contributed by atoms with Gasteiger partial charge in [-0.15, -0.1) is 0 Å². The molecule has 23 heavy (non-hydrogen) atoms. The minimum absolute atomic E-state index is 0.166. The van der Waals surface area contributed by atoms with E-state index >= 15 is 0 Å². The number of nitrogens with one attached hydrogen (secondary N) is 1. The van der Waals surface area contributed by atoms with E-state index in [0.717, 1.165) is 24.8 Å². The number of nitrogens with zero attached hydrogens (tertiary/aromatic N) is 1. The Morgan fingerprint density at radius 3 is 2.30 bits per heavy atom. The van der Waals surface area contributed by atoms with Crippen molar-refractivity contribution in [3.63, 3.8) is 0 Å². The maximum absolute atomic E-state index is 10.1. The van der Waals surface area contributed by atoms with Gasteiger partial charge in [-0.2, -0.15) is 0 Å². The highest BCUT2D eigenvalue weighted by Gasteiger charge is 2.31. The summed E-state index contributed by atoms with van der Waals surface area (Å²) in [6.45, 7) is 6.77. The topological polar surface area (TPSA) is 35.5 Å². The average Bonchev–Trinajstić information content (AvgIpc) is 3.06. The van der Waals surface area contributed by atoms with E-state index in [1.807, 2.05) is 6.92 Å². The molecule has 134 valence electrons. The first-order valence-corrected chi connectivity index (χ1v) is 10.3. The van der Waals surface area contributed by atoms with Crippen LogP contribution in [0.5, 0.6) is 0 Å². The van der Waals surface area contributed by atoms with E-state index in [9.17, 15) is 5.11 Å². The van der Waals surface area contributed by atoms with Gasteiger partial charge >= 0.3 is 0 Å². The molecule has 2 aliphatic carbocycles. The lowest BCUT2D eigenvalue weighted by Crippen LogP contribution is -2.53. The molecule has 0 bridgehead atoms. The van der Waals surface area contributed by atoms with Crippen molar-refractivity contribution in [3.8, 4) is 0 Å². The molecular formula is C20H38N2O. The summed E-state index contributed by atoms with van der Waals surface area (Å²) in [6.07, 6.45) is 13.9. The van der Waals surface area contributed by atoms with Crippen LogP contribution in [0.25, 0.3) is 0 Å². The molecule has 0 spiro atoms. The summed E-state index contributed by atoms with van der Waals surface area (Å²) in [5.74, 6) is 2.27. The van der Waals surface area contributed by atoms with Crippen molar-refractivity contribution in [2.45, 2.75) is 83.3 Å². The van der Waals surface area contributed by atoms with Crippen molar-refractivity contribution in [2.75, 3.05) is 26.2 Å². The molecule has 3 heteroatoms. The number of piperidine rings is 1. The van der Waals surface area contributed by atoms with Crippen LogP contribution in [0.1, 0.15) is 71.1 Å². The van der Waals surface area contributed by atoms with Gasteiger partial charge in [-0.1, -0.05) is 32.1 Å². The zero-order valence-electron chi connectivity index (χ0n) is 15.2. The summed E-state index contributed by atoms with van der Waals surface area (Å²) in [5, 5.41) is 14.0. The molecule has 2 saturated carbocycles. The molecule has 0 aromatic rings. The molecule has 3 atom stereocenters. The predicted octanol–water partition coefficient (Wildman–Crippen LogP) is 3.42. The lowest BCUT2D eigenvalue weighted by molar-refractivity contribution is 0.0409. The third-order valence-corrected chi connectivity index (χ3v) is 6.65. The lowest BCUT2D eigenvalue weighted by Gasteiger charge is -2.41. The maximum Gasteiger partial charge on any atom is 0.0553 e. The Kier molecular flexibility index (Phi) is 6.79. The fourth-order valence-electron chi connectivity index (χ4n) is 5.16. The van der Waals surface area contributed by atoms with Crippen molar-refractivity contribution >= 4 is 0 Å². The lowest BCUT2D eigenvalue weighted by atomic mass is 9.87. The Morgan fingerprint density at radius 2 is 1.61 bits per heavy atom. The van der Waals surface area contributed by atoms with Gasteiger partial charge in [0.1, 0.15) is 0 Å². The number of likely N-dealkylation sites (tertiary alicyclic amines) is 1. The Bertz CT molecular complexity index is 333. The van der Waals surface area contributed by atoms with Crippen LogP contribution < -0.4 is 5.32 Å². The summed E-state index contributed by atoms with van der Waals surface area (Å²) >= 11 is 0. The minimum atomic E-state index is -0.166. The van der Waals surface area contributed by atoms with Gasteiger partial charge in [-0.3, -0.25) is 0 Å². The van der Waals surface area contributed by atoms with Crippen LogP contribution in [0, 0.1) is 17.8 Å². The highest BCUT2D eigenvalue weighted by molar-refractivity contribution is 4.87. The fraction of sp³-hybridized carbons (Fsp3) is 1.00. The van der Waals surface area contributed by atoms with Gasteiger partial charge in [0.25, 0.3) is 0 Å². The van der Waals surface area contributed by atoms with E-state index in [4.69, 9.17) is 0 Å². The first kappa shape index (κ1) is 17.7. The summed E-state index contributed by atoms with van der Waals surface area (Å²) in [6, 6.07) is 0.590. The van der Waals surface area contributed by atoms with Crippen LogP contribution in [0.4, 0.5) is 0 Å². The fourth-order valence-corrected chi connectivity index (χ4v) is 5.16. The predicted molar refractivity (Wildman–Crippen MR) is 96.6 cm³/mol. The van der Waals surface area contributed by atoms with Crippen molar-refractivity contribution in [1.29, 1.82) is 0 Å². The monoisotopic (exact) mass is 322 g/mol. The standard InChI is InChI=1S/C20H38N2O/c1-16(23)19-11-20(21-12-17-7-3-2-4-8-17)15-22(14-19)13-18-9-5-6-10-18/h16-21,23H,2-15H2,1H3. The Hall–Kier alpha value is -0.120. The van der Waals surface area contributed by atoms with Gasteiger partial charge in [0, 0.05) is 25.7 Å². The van der Waals surface area contributed by atoms with E-state index in [1.54, 1.807) is 0 Å². The summed E-state index contributed by atoms with van der Waals surface area (Å²) in [7, 11) is 0. The first-order valence-electron chi connectivity index (χ1n) is 10.3. The largest absolute Gasteiger partial charge is 0.393 e. The van der Waals surface area contributed by atoms with Crippen LogP contribution in [-0.2, 0) is 0 Å². The number of aliphatic hydroxyl groups is 1. The van der Waals surface area contributed by atoms with Gasteiger partial charge in [-0.05, 0) is 63.3 Å². The second-order valence-electron chi connectivity index (χ2n) is 8.71. The molecule has 3 unspecified atom stereocenters. The second kappa shape index (κ2) is 8.82. The summed E-state index contributed by atoms with van der Waals surface area (Å²) in [4.78, 5) is 2.66. The van der Waals surface area contributed by atoms with Gasteiger partial charge in [0.2, 0.25) is 0 Å². The summed E-state index contributed by atoms with van der Waals surface area (Å²) in [5.41, 5.74) is 0. The normalized spacial score (nSPS) is 33.1. The minimum Gasteiger partial charge on any atom is -0.393 e. The third kappa shape index (κ3) is 5.44. The van der Waals surface area contributed by atoms with Crippen LogP contribution in [0.2, 0.25) is 0 Å². The molecular weight excluding hydrogens is 284 g/mol. The third-order valence-electron chi connectivity index (χ3n) is 6.65. The van der Waals surface area contributed by atoms with E-state index in [1.165, 1.54) is 77.4 Å². The molecule has 1 heterocycles. The molecule has 0 aromatic heterocycles. The smallest absolute Gasteiger partial charge is 0.0553 e. The molecule has 1 saturated heterocycles.